The number of nitrogens with zero attached hydrogens (tertiary/aromatic N) is 2. The van der Waals surface area contributed by atoms with Gasteiger partial charge in [0.1, 0.15) is 5.75 Å². The second kappa shape index (κ2) is 6.30. The number of carbonyl (C=O) groups excluding carboxylic acids is 2. The van der Waals surface area contributed by atoms with Crippen molar-refractivity contribution in [1.29, 1.82) is 0 Å². The van der Waals surface area contributed by atoms with Gasteiger partial charge in [-0.15, -0.1) is 0 Å². The van der Waals surface area contributed by atoms with Crippen LogP contribution in [0, 0.1) is 0 Å². The Morgan fingerprint density at radius 2 is 1.45 bits per heavy atom. The number of benzene rings is 2. The van der Waals surface area contributed by atoms with Crippen LogP contribution in [0.1, 0.15) is 0 Å². The van der Waals surface area contributed by atoms with Gasteiger partial charge in [0, 0.05) is 28.3 Å². The molecular formula is C24H10N2O7. The number of carbonyl (C=O) groups is 2. The molecule has 1 aliphatic heterocycles. The largest absolute Gasteiger partial charge is 0.506 e. The molecule has 33 heavy (non-hydrogen) atoms. The Morgan fingerprint density at radius 3 is 2.15 bits per heavy atom. The van der Waals surface area contributed by atoms with Crippen molar-refractivity contribution in [2.45, 2.75) is 0 Å². The number of anilines is 1. The normalized spacial score (nSPS) is 13.9. The van der Waals surface area contributed by atoms with E-state index in [4.69, 9.17) is 0 Å². The summed E-state index contributed by atoms with van der Waals surface area (Å²) in [5.74, 6) is -1.43. The number of hydrogen-bond donors (Lipinski definition) is 1. The Labute approximate surface area is 182 Å². The van der Waals surface area contributed by atoms with Crippen LogP contribution in [0.3, 0.4) is 0 Å². The fraction of sp³-hybridized carbons (Fsp3) is 0. The van der Waals surface area contributed by atoms with E-state index < -0.39 is 34.2 Å². The lowest BCUT2D eigenvalue weighted by Crippen LogP contribution is -2.29. The second-order valence-corrected chi connectivity index (χ2v) is 7.56. The van der Waals surface area contributed by atoms with E-state index in [0.717, 1.165) is 17.1 Å². The van der Waals surface area contributed by atoms with Crippen LogP contribution in [0.5, 0.6) is 5.75 Å². The molecule has 6 rings (SSSR count). The predicted octanol–water partition coefficient (Wildman–Crippen LogP) is 1.89. The molecule has 9 heteroatoms. The van der Waals surface area contributed by atoms with Crippen LogP contribution < -0.4 is 21.6 Å². The van der Waals surface area contributed by atoms with Gasteiger partial charge in [-0.3, -0.25) is 14.4 Å². The van der Waals surface area contributed by atoms with E-state index in [1.54, 1.807) is 24.3 Å². The maximum absolute atomic E-state index is 13.2. The highest BCUT2D eigenvalue weighted by molar-refractivity contribution is 6.30. The number of rotatable bonds is 2. The molecule has 0 spiro atoms. The Kier molecular flexibility index (Phi) is 3.59. The number of furan rings is 1. The third-order valence-corrected chi connectivity index (χ3v) is 5.75. The molecular weight excluding hydrogens is 428 g/mol. The molecule has 0 unspecified atom stereocenters. The number of fused-ring (bicyclic) bond motifs is 3. The first-order chi connectivity index (χ1) is 15.8. The molecule has 0 saturated carbocycles. The lowest BCUT2D eigenvalue weighted by molar-refractivity contribution is -0.119. The van der Waals surface area contributed by atoms with Gasteiger partial charge in [-0.1, -0.05) is 18.2 Å². The standard InChI is InChI=1S/C24H10N2O7/c27-17-6-7-18(28)26(17)16-3-1-2-10-4-5-15(25-20(10)16)19-21(29)11-8-13-14(9-12(11)22(19)30)24(32)33-23(13)31/h1-9,29H. The smallest absolute Gasteiger partial charge is 0.346 e. The predicted molar refractivity (Wildman–Crippen MR) is 119 cm³/mol. The van der Waals surface area contributed by atoms with Crippen LogP contribution in [0.4, 0.5) is 5.69 Å². The number of pyridine rings is 1. The molecule has 0 fully saturated rings. The molecule has 3 heterocycles. The van der Waals surface area contributed by atoms with Crippen LogP contribution >= 0.6 is 0 Å². The van der Waals surface area contributed by atoms with Crippen molar-refractivity contribution >= 4 is 49.9 Å². The third kappa shape index (κ3) is 2.47. The Balaban J connectivity index is 1.63. The van der Waals surface area contributed by atoms with Gasteiger partial charge in [-0.2, -0.15) is 0 Å². The van der Waals surface area contributed by atoms with E-state index in [1.165, 1.54) is 18.2 Å². The average molecular weight is 438 g/mol. The van der Waals surface area contributed by atoms with Crippen molar-refractivity contribution in [3.8, 4) is 17.0 Å². The van der Waals surface area contributed by atoms with Crippen molar-refractivity contribution in [1.82, 2.24) is 4.98 Å². The number of para-hydroxylation sites is 1. The maximum Gasteiger partial charge on any atom is 0.346 e. The fourth-order valence-corrected chi connectivity index (χ4v) is 4.22. The van der Waals surface area contributed by atoms with Gasteiger partial charge >= 0.3 is 11.3 Å². The third-order valence-electron chi connectivity index (χ3n) is 5.75. The zero-order valence-electron chi connectivity index (χ0n) is 16.5. The average Bonchev–Trinajstić information content (AvgIpc) is 3.37. The van der Waals surface area contributed by atoms with E-state index in [2.05, 4.69) is 9.40 Å². The summed E-state index contributed by atoms with van der Waals surface area (Å²) in [4.78, 5) is 66.8. The topological polar surface area (TPSA) is 135 Å². The summed E-state index contributed by atoms with van der Waals surface area (Å²) in [5, 5.41) is 11.5. The van der Waals surface area contributed by atoms with E-state index in [1.807, 2.05) is 0 Å². The molecule has 5 aromatic rings. The van der Waals surface area contributed by atoms with Crippen LogP contribution in [0.25, 0.3) is 43.7 Å². The zero-order valence-corrected chi connectivity index (χ0v) is 16.5. The molecule has 1 N–H and O–H groups in total. The summed E-state index contributed by atoms with van der Waals surface area (Å²) in [7, 11) is 0. The number of aromatic hydroxyl groups is 1. The van der Waals surface area contributed by atoms with E-state index in [0.29, 0.717) is 5.39 Å². The summed E-state index contributed by atoms with van der Waals surface area (Å²) in [5.41, 5.74) is -1.79. The first-order valence-electron chi connectivity index (χ1n) is 9.74. The first-order valence-corrected chi connectivity index (χ1v) is 9.74. The zero-order chi connectivity index (χ0) is 23.0. The van der Waals surface area contributed by atoms with Crippen molar-refractivity contribution in [2.24, 2.45) is 0 Å². The van der Waals surface area contributed by atoms with Gasteiger partial charge in [-0.25, -0.2) is 19.5 Å². The first kappa shape index (κ1) is 18.8. The summed E-state index contributed by atoms with van der Waals surface area (Å²) < 4.78 is 4.56. The highest BCUT2D eigenvalue weighted by Crippen LogP contribution is 2.37. The lowest BCUT2D eigenvalue weighted by Gasteiger charge is -2.16. The fourth-order valence-electron chi connectivity index (χ4n) is 4.22. The second-order valence-electron chi connectivity index (χ2n) is 7.56. The minimum absolute atomic E-state index is 0.0355. The highest BCUT2D eigenvalue weighted by Gasteiger charge is 2.28. The Hall–Kier alpha value is -4.92. The monoisotopic (exact) mass is 438 g/mol. The Morgan fingerprint density at radius 1 is 0.788 bits per heavy atom. The molecule has 0 atom stereocenters. The minimum Gasteiger partial charge on any atom is -0.506 e. The highest BCUT2D eigenvalue weighted by atomic mass is 16.4. The molecule has 0 aliphatic carbocycles. The number of amides is 2. The minimum atomic E-state index is -0.861. The van der Waals surface area contributed by atoms with Crippen LogP contribution in [0.15, 0.2) is 73.4 Å². The summed E-state index contributed by atoms with van der Waals surface area (Å²) in [6.07, 6.45) is 2.31. The SMILES string of the molecule is O=C1C=CC(=O)N1c1cccc2ccc(-c3c(O)c4cc5c(=O)oc(=O)c5cc4c3=O)nc12. The Bertz CT molecular complexity index is 1870. The molecule has 0 saturated heterocycles. The van der Waals surface area contributed by atoms with E-state index >= 15 is 0 Å². The van der Waals surface area contributed by atoms with Gasteiger partial charge in [0.15, 0.2) is 5.43 Å². The van der Waals surface area contributed by atoms with Crippen molar-refractivity contribution in [3.05, 3.63) is 85.7 Å². The van der Waals surface area contributed by atoms with Crippen LogP contribution in [-0.2, 0) is 9.59 Å². The maximum atomic E-state index is 13.2. The van der Waals surface area contributed by atoms with Crippen molar-refractivity contribution in [2.75, 3.05) is 4.90 Å². The molecule has 1 aliphatic rings. The van der Waals surface area contributed by atoms with Gasteiger partial charge in [-0.05, 0) is 24.3 Å². The molecule has 0 radical (unpaired) electrons. The van der Waals surface area contributed by atoms with E-state index in [-0.39, 0.29) is 44.0 Å². The number of imide groups is 1. The quantitative estimate of drug-likeness (QED) is 0.413. The summed E-state index contributed by atoms with van der Waals surface area (Å²) >= 11 is 0. The lowest BCUT2D eigenvalue weighted by atomic mass is 10.1. The summed E-state index contributed by atoms with van der Waals surface area (Å²) in [6.45, 7) is 0. The molecule has 2 aromatic heterocycles. The number of hydrogen-bond acceptors (Lipinski definition) is 8. The van der Waals surface area contributed by atoms with Gasteiger partial charge in [0.25, 0.3) is 11.8 Å². The molecule has 9 nitrogen and oxygen atoms in total. The van der Waals surface area contributed by atoms with E-state index in [9.17, 15) is 29.1 Å². The van der Waals surface area contributed by atoms with Gasteiger partial charge in [0.05, 0.1) is 33.2 Å². The molecule has 158 valence electrons. The van der Waals surface area contributed by atoms with Crippen LogP contribution in [0.2, 0.25) is 0 Å². The number of aromatic nitrogens is 1. The van der Waals surface area contributed by atoms with Gasteiger partial charge < -0.3 is 9.52 Å². The van der Waals surface area contributed by atoms with Crippen molar-refractivity contribution < 1.29 is 19.1 Å². The van der Waals surface area contributed by atoms with Crippen molar-refractivity contribution in [3.63, 3.8) is 0 Å². The van der Waals surface area contributed by atoms with Gasteiger partial charge in [0.2, 0.25) is 0 Å². The molecule has 0 bridgehead atoms. The molecule has 2 amide bonds. The van der Waals surface area contributed by atoms with Crippen LogP contribution in [-0.4, -0.2) is 21.9 Å². The molecule has 3 aromatic carbocycles. The summed E-state index contributed by atoms with van der Waals surface area (Å²) in [6, 6.07) is 10.6.